The first-order valence-corrected chi connectivity index (χ1v) is 6.65. The third-order valence-electron chi connectivity index (χ3n) is 2.32. The molecule has 0 aromatic heterocycles. The molecular weight excluding hydrogens is 296 g/mol. The topological polar surface area (TPSA) is 58.2 Å². The summed E-state index contributed by atoms with van der Waals surface area (Å²) in [4.78, 5) is 22.8. The van der Waals surface area contributed by atoms with Crippen LogP contribution in [0, 0.1) is 6.92 Å². The minimum absolute atomic E-state index is 0.000843. The predicted molar refractivity (Wildman–Crippen MR) is 75.4 cm³/mol. The molecule has 5 heteroatoms. The molecule has 0 atom stereocenters. The molecule has 1 aromatic carbocycles. The van der Waals surface area contributed by atoms with E-state index in [9.17, 15) is 9.59 Å². The Morgan fingerprint density at radius 2 is 2.00 bits per heavy atom. The van der Waals surface area contributed by atoms with E-state index in [0.717, 1.165) is 16.5 Å². The molecule has 0 radical (unpaired) electrons. The SMILES string of the molecule is CCCC(=O)NCC(=O)Nc1ccc(C)cc1Br. The van der Waals surface area contributed by atoms with Crippen LogP contribution in [0.3, 0.4) is 0 Å². The maximum atomic E-state index is 11.6. The Kier molecular flexibility index (Phi) is 5.85. The molecule has 2 N–H and O–H groups in total. The summed E-state index contributed by atoms with van der Waals surface area (Å²) in [6.45, 7) is 3.89. The first-order chi connectivity index (χ1) is 8.52. The molecule has 0 heterocycles. The molecule has 1 rings (SSSR count). The van der Waals surface area contributed by atoms with E-state index in [4.69, 9.17) is 0 Å². The molecule has 0 aliphatic heterocycles. The predicted octanol–water partition coefficient (Wildman–Crippen LogP) is 2.61. The van der Waals surface area contributed by atoms with Crippen molar-refractivity contribution in [2.45, 2.75) is 26.7 Å². The zero-order chi connectivity index (χ0) is 13.5. The number of carbonyl (C=O) groups excluding carboxylic acids is 2. The molecule has 0 aliphatic carbocycles. The van der Waals surface area contributed by atoms with E-state index in [-0.39, 0.29) is 18.4 Å². The number of carbonyl (C=O) groups is 2. The number of amides is 2. The van der Waals surface area contributed by atoms with Crippen LogP contribution in [0.2, 0.25) is 0 Å². The Morgan fingerprint density at radius 3 is 2.61 bits per heavy atom. The highest BCUT2D eigenvalue weighted by molar-refractivity contribution is 9.10. The van der Waals surface area contributed by atoms with Gasteiger partial charge in [0, 0.05) is 10.9 Å². The van der Waals surface area contributed by atoms with E-state index >= 15 is 0 Å². The normalized spacial score (nSPS) is 9.94. The molecule has 4 nitrogen and oxygen atoms in total. The van der Waals surface area contributed by atoms with E-state index in [0.29, 0.717) is 12.1 Å². The maximum absolute atomic E-state index is 11.6. The van der Waals surface area contributed by atoms with Crippen LogP contribution in [-0.4, -0.2) is 18.4 Å². The fourth-order valence-corrected chi connectivity index (χ4v) is 2.00. The first-order valence-electron chi connectivity index (χ1n) is 5.85. The maximum Gasteiger partial charge on any atom is 0.243 e. The smallest absolute Gasteiger partial charge is 0.243 e. The van der Waals surface area contributed by atoms with Gasteiger partial charge in [0.1, 0.15) is 0 Å². The Morgan fingerprint density at radius 1 is 1.28 bits per heavy atom. The van der Waals surface area contributed by atoms with Crippen LogP contribution in [0.5, 0.6) is 0 Å². The largest absolute Gasteiger partial charge is 0.347 e. The average molecular weight is 313 g/mol. The van der Waals surface area contributed by atoms with Gasteiger partial charge in [0.05, 0.1) is 12.2 Å². The lowest BCUT2D eigenvalue weighted by Gasteiger charge is -2.08. The second-order valence-corrected chi connectivity index (χ2v) is 4.91. The Bertz CT molecular complexity index is 447. The van der Waals surface area contributed by atoms with E-state index in [2.05, 4.69) is 26.6 Å². The summed E-state index contributed by atoms with van der Waals surface area (Å²) in [7, 11) is 0. The molecule has 0 saturated heterocycles. The van der Waals surface area contributed by atoms with Gasteiger partial charge in [-0.3, -0.25) is 9.59 Å². The first kappa shape index (κ1) is 14.7. The molecule has 1 aromatic rings. The van der Waals surface area contributed by atoms with Crippen LogP contribution < -0.4 is 10.6 Å². The number of hydrogen-bond acceptors (Lipinski definition) is 2. The van der Waals surface area contributed by atoms with Crippen molar-refractivity contribution in [1.82, 2.24) is 5.32 Å². The number of hydrogen-bond donors (Lipinski definition) is 2. The van der Waals surface area contributed by atoms with Crippen LogP contribution in [0.25, 0.3) is 0 Å². The Hall–Kier alpha value is -1.36. The lowest BCUT2D eigenvalue weighted by molar-refractivity contribution is -0.124. The van der Waals surface area contributed by atoms with Crippen molar-refractivity contribution < 1.29 is 9.59 Å². The van der Waals surface area contributed by atoms with Crippen molar-refractivity contribution in [3.63, 3.8) is 0 Å². The van der Waals surface area contributed by atoms with E-state index in [1.54, 1.807) is 0 Å². The lowest BCUT2D eigenvalue weighted by Crippen LogP contribution is -2.32. The average Bonchev–Trinajstić information content (AvgIpc) is 2.31. The fourth-order valence-electron chi connectivity index (χ4n) is 1.41. The standard InChI is InChI=1S/C13H17BrN2O2/c1-3-4-12(17)15-8-13(18)16-11-6-5-9(2)7-10(11)14/h5-7H,3-4,8H2,1-2H3,(H,15,17)(H,16,18). The molecule has 18 heavy (non-hydrogen) atoms. The van der Waals surface area contributed by atoms with Gasteiger partial charge < -0.3 is 10.6 Å². The number of rotatable bonds is 5. The number of anilines is 1. The third-order valence-corrected chi connectivity index (χ3v) is 2.98. The van der Waals surface area contributed by atoms with E-state index in [1.165, 1.54) is 0 Å². The van der Waals surface area contributed by atoms with Gasteiger partial charge in [0.25, 0.3) is 0 Å². The molecule has 0 fully saturated rings. The highest BCUT2D eigenvalue weighted by Crippen LogP contribution is 2.23. The molecule has 0 aliphatic rings. The van der Waals surface area contributed by atoms with Gasteiger partial charge in [-0.25, -0.2) is 0 Å². The summed E-state index contributed by atoms with van der Waals surface area (Å²) in [6.07, 6.45) is 1.22. The number of benzene rings is 1. The number of aryl methyl sites for hydroxylation is 1. The van der Waals surface area contributed by atoms with Gasteiger partial charge in [-0.1, -0.05) is 13.0 Å². The number of nitrogens with one attached hydrogen (secondary N) is 2. The van der Waals surface area contributed by atoms with E-state index in [1.807, 2.05) is 32.0 Å². The van der Waals surface area contributed by atoms with Crippen molar-refractivity contribution in [3.05, 3.63) is 28.2 Å². The molecular formula is C13H17BrN2O2. The minimum Gasteiger partial charge on any atom is -0.347 e. The summed E-state index contributed by atoms with van der Waals surface area (Å²) in [5.74, 6) is -0.334. The molecule has 98 valence electrons. The summed E-state index contributed by atoms with van der Waals surface area (Å²) in [5, 5.41) is 5.30. The zero-order valence-corrected chi connectivity index (χ0v) is 12.1. The summed E-state index contributed by atoms with van der Waals surface area (Å²) >= 11 is 3.38. The molecule has 2 amide bonds. The van der Waals surface area contributed by atoms with Crippen LogP contribution >= 0.6 is 15.9 Å². The van der Waals surface area contributed by atoms with Crippen LogP contribution in [-0.2, 0) is 9.59 Å². The van der Waals surface area contributed by atoms with Crippen molar-refractivity contribution in [2.75, 3.05) is 11.9 Å². The van der Waals surface area contributed by atoms with Crippen LogP contribution in [0.1, 0.15) is 25.3 Å². The van der Waals surface area contributed by atoms with Crippen LogP contribution in [0.15, 0.2) is 22.7 Å². The zero-order valence-electron chi connectivity index (χ0n) is 10.5. The van der Waals surface area contributed by atoms with Crippen LogP contribution in [0.4, 0.5) is 5.69 Å². The summed E-state index contributed by atoms with van der Waals surface area (Å²) in [5.41, 5.74) is 1.81. The van der Waals surface area contributed by atoms with Gasteiger partial charge in [-0.05, 0) is 47.0 Å². The summed E-state index contributed by atoms with van der Waals surface area (Å²) in [6, 6.07) is 5.66. The Labute approximate surface area is 115 Å². The quantitative estimate of drug-likeness (QED) is 0.878. The molecule has 0 spiro atoms. The second-order valence-electron chi connectivity index (χ2n) is 4.06. The fraction of sp³-hybridized carbons (Fsp3) is 0.385. The van der Waals surface area contributed by atoms with Crippen molar-refractivity contribution in [3.8, 4) is 0 Å². The van der Waals surface area contributed by atoms with Gasteiger partial charge in [-0.15, -0.1) is 0 Å². The summed E-state index contributed by atoms with van der Waals surface area (Å²) < 4.78 is 0.829. The second kappa shape index (κ2) is 7.16. The van der Waals surface area contributed by atoms with Gasteiger partial charge >= 0.3 is 0 Å². The third kappa shape index (κ3) is 4.87. The molecule has 0 bridgehead atoms. The van der Waals surface area contributed by atoms with Gasteiger partial charge in [-0.2, -0.15) is 0 Å². The van der Waals surface area contributed by atoms with Crippen molar-refractivity contribution in [2.24, 2.45) is 0 Å². The van der Waals surface area contributed by atoms with Crippen molar-refractivity contribution >= 4 is 33.4 Å². The molecule has 0 unspecified atom stereocenters. The lowest BCUT2D eigenvalue weighted by atomic mass is 10.2. The number of halogens is 1. The highest BCUT2D eigenvalue weighted by atomic mass is 79.9. The molecule has 0 saturated carbocycles. The Balaban J connectivity index is 2.47. The minimum atomic E-state index is -0.232. The van der Waals surface area contributed by atoms with Gasteiger partial charge in [0.2, 0.25) is 11.8 Å². The van der Waals surface area contributed by atoms with Gasteiger partial charge in [0.15, 0.2) is 0 Å². The monoisotopic (exact) mass is 312 g/mol. The van der Waals surface area contributed by atoms with Crippen molar-refractivity contribution in [1.29, 1.82) is 0 Å². The van der Waals surface area contributed by atoms with E-state index < -0.39 is 0 Å². The highest BCUT2D eigenvalue weighted by Gasteiger charge is 2.07.